The molecule has 2 fully saturated rings. The first-order chi connectivity index (χ1) is 12.1. The van der Waals surface area contributed by atoms with E-state index in [-0.39, 0.29) is 18.2 Å². The molecule has 0 spiro atoms. The second kappa shape index (κ2) is 6.48. The van der Waals surface area contributed by atoms with Crippen molar-refractivity contribution in [2.45, 2.75) is 44.8 Å². The zero-order valence-electron chi connectivity index (χ0n) is 14.5. The summed E-state index contributed by atoms with van der Waals surface area (Å²) in [6.07, 6.45) is 2.47. The Balaban J connectivity index is 1.46. The van der Waals surface area contributed by atoms with Gasteiger partial charge in [-0.15, -0.1) is 0 Å². The molecule has 2 aliphatic rings. The summed E-state index contributed by atoms with van der Waals surface area (Å²) in [4.78, 5) is 18.9. The van der Waals surface area contributed by atoms with Crippen molar-refractivity contribution in [3.05, 3.63) is 30.1 Å². The van der Waals surface area contributed by atoms with Crippen LogP contribution in [0, 0.1) is 0 Å². The Morgan fingerprint density at radius 3 is 2.76 bits per heavy atom. The molecule has 2 heterocycles. The Bertz CT molecular complexity index is 760. The van der Waals surface area contributed by atoms with E-state index in [4.69, 9.17) is 4.74 Å². The topological polar surface area (TPSA) is 83.1 Å². The lowest BCUT2D eigenvalue weighted by molar-refractivity contribution is -0.0530. The number of nitrogens with zero attached hydrogens (tertiary/aromatic N) is 3. The Morgan fingerprint density at radius 2 is 2.04 bits per heavy atom. The standard InChI is InChI=1S/C18H23N5O2/c1-11-9-23(10-12(2)25-11)18(24)19-15-5-3-4-14(8-15)17-20-16(21-22-17)13-6-7-13/h3-5,8,11-13H,6-7,9-10H2,1-2H3,(H,19,24)(H,20,21,22)/t11-,12+. The van der Waals surface area contributed by atoms with E-state index in [0.717, 1.165) is 17.1 Å². The normalized spacial score (nSPS) is 23.5. The highest BCUT2D eigenvalue weighted by molar-refractivity contribution is 5.90. The maximum absolute atomic E-state index is 12.5. The van der Waals surface area contributed by atoms with Gasteiger partial charge in [-0.3, -0.25) is 5.10 Å². The average Bonchev–Trinajstić information content (AvgIpc) is 3.31. The van der Waals surface area contributed by atoms with Gasteiger partial charge in [-0.25, -0.2) is 9.78 Å². The number of carbonyl (C=O) groups excluding carboxylic acids is 1. The summed E-state index contributed by atoms with van der Waals surface area (Å²) in [6, 6.07) is 7.54. The number of amides is 2. The minimum Gasteiger partial charge on any atom is -0.372 e. The van der Waals surface area contributed by atoms with E-state index in [1.807, 2.05) is 38.1 Å². The van der Waals surface area contributed by atoms with Gasteiger partial charge in [0, 0.05) is 30.3 Å². The highest BCUT2D eigenvalue weighted by Crippen LogP contribution is 2.38. The maximum atomic E-state index is 12.5. The number of carbonyl (C=O) groups is 1. The minimum atomic E-state index is -0.104. The lowest BCUT2D eigenvalue weighted by Gasteiger charge is -2.35. The number of benzene rings is 1. The number of aromatic amines is 1. The molecular formula is C18H23N5O2. The molecule has 1 saturated heterocycles. The molecule has 1 aliphatic carbocycles. The third kappa shape index (κ3) is 3.66. The number of aromatic nitrogens is 3. The zero-order valence-corrected chi connectivity index (χ0v) is 14.5. The van der Waals surface area contributed by atoms with Gasteiger partial charge in [-0.2, -0.15) is 5.10 Å². The smallest absolute Gasteiger partial charge is 0.322 e. The van der Waals surface area contributed by atoms with Gasteiger partial charge >= 0.3 is 6.03 Å². The third-order valence-electron chi connectivity index (χ3n) is 4.55. The van der Waals surface area contributed by atoms with Crippen LogP contribution >= 0.6 is 0 Å². The van der Waals surface area contributed by atoms with Crippen LogP contribution in [0.4, 0.5) is 10.5 Å². The van der Waals surface area contributed by atoms with Crippen molar-refractivity contribution in [1.29, 1.82) is 0 Å². The summed E-state index contributed by atoms with van der Waals surface area (Å²) < 4.78 is 5.68. The number of urea groups is 1. The molecule has 1 saturated carbocycles. The molecule has 4 rings (SSSR count). The summed E-state index contributed by atoms with van der Waals surface area (Å²) in [5.41, 5.74) is 1.64. The van der Waals surface area contributed by atoms with Crippen LogP contribution in [-0.2, 0) is 4.74 Å². The second-order valence-corrected chi connectivity index (χ2v) is 6.99. The van der Waals surface area contributed by atoms with E-state index in [9.17, 15) is 4.79 Å². The zero-order chi connectivity index (χ0) is 17.4. The number of hydrogen-bond acceptors (Lipinski definition) is 4. The number of hydrogen-bond donors (Lipinski definition) is 2. The SMILES string of the molecule is C[C@@H]1CN(C(=O)Nc2cccc(-c3n[nH]c(C4CC4)n3)c2)C[C@H](C)O1. The lowest BCUT2D eigenvalue weighted by atomic mass is 10.2. The van der Waals surface area contributed by atoms with Crippen LogP contribution in [0.25, 0.3) is 11.4 Å². The minimum absolute atomic E-state index is 0.0509. The first kappa shape index (κ1) is 16.1. The number of morpholine rings is 1. The quantitative estimate of drug-likeness (QED) is 0.899. The van der Waals surface area contributed by atoms with Crippen LogP contribution in [0.5, 0.6) is 0 Å². The Morgan fingerprint density at radius 1 is 1.28 bits per heavy atom. The molecule has 2 aromatic rings. The Hall–Kier alpha value is -2.41. The first-order valence-corrected chi connectivity index (χ1v) is 8.82. The van der Waals surface area contributed by atoms with Crippen LogP contribution in [0.1, 0.15) is 38.4 Å². The van der Waals surface area contributed by atoms with E-state index in [2.05, 4.69) is 20.5 Å². The fraction of sp³-hybridized carbons (Fsp3) is 0.500. The van der Waals surface area contributed by atoms with Gasteiger partial charge in [0.2, 0.25) is 0 Å². The van der Waals surface area contributed by atoms with Gasteiger partial charge in [0.25, 0.3) is 0 Å². The molecule has 0 unspecified atom stereocenters. The maximum Gasteiger partial charge on any atom is 0.322 e. The van der Waals surface area contributed by atoms with Crippen molar-refractivity contribution in [3.8, 4) is 11.4 Å². The van der Waals surface area contributed by atoms with E-state index < -0.39 is 0 Å². The molecule has 0 radical (unpaired) electrons. The predicted molar refractivity (Wildman–Crippen MR) is 94.4 cm³/mol. The van der Waals surface area contributed by atoms with Gasteiger partial charge < -0.3 is 15.0 Å². The molecule has 7 nitrogen and oxygen atoms in total. The summed E-state index contributed by atoms with van der Waals surface area (Å²) in [6.45, 7) is 5.16. The predicted octanol–water partition coefficient (Wildman–Crippen LogP) is 2.99. The number of nitrogens with one attached hydrogen (secondary N) is 2. The number of ether oxygens (including phenoxy) is 1. The molecule has 2 N–H and O–H groups in total. The van der Waals surface area contributed by atoms with Gasteiger partial charge in [-0.1, -0.05) is 12.1 Å². The summed E-state index contributed by atoms with van der Waals surface area (Å²) in [7, 11) is 0. The fourth-order valence-electron chi connectivity index (χ4n) is 3.23. The van der Waals surface area contributed by atoms with Crippen LogP contribution in [0.15, 0.2) is 24.3 Å². The first-order valence-electron chi connectivity index (χ1n) is 8.82. The number of rotatable bonds is 3. The molecule has 1 aromatic heterocycles. The van der Waals surface area contributed by atoms with Gasteiger partial charge in [0.05, 0.1) is 12.2 Å². The lowest BCUT2D eigenvalue weighted by Crippen LogP contribution is -2.49. The fourth-order valence-corrected chi connectivity index (χ4v) is 3.23. The molecule has 1 aromatic carbocycles. The van der Waals surface area contributed by atoms with Crippen molar-refractivity contribution >= 4 is 11.7 Å². The van der Waals surface area contributed by atoms with Gasteiger partial charge in [0.1, 0.15) is 5.82 Å². The molecule has 7 heteroatoms. The molecule has 1 aliphatic heterocycles. The van der Waals surface area contributed by atoms with Crippen LogP contribution < -0.4 is 5.32 Å². The van der Waals surface area contributed by atoms with Crippen LogP contribution in [0.2, 0.25) is 0 Å². The van der Waals surface area contributed by atoms with Crippen molar-refractivity contribution in [2.24, 2.45) is 0 Å². The van der Waals surface area contributed by atoms with Crippen LogP contribution in [0.3, 0.4) is 0 Å². The molecule has 25 heavy (non-hydrogen) atoms. The molecule has 2 atom stereocenters. The number of anilines is 1. The van der Waals surface area contributed by atoms with Crippen molar-refractivity contribution in [3.63, 3.8) is 0 Å². The Kier molecular flexibility index (Phi) is 4.17. The van der Waals surface area contributed by atoms with E-state index >= 15 is 0 Å². The van der Waals surface area contributed by atoms with E-state index in [1.165, 1.54) is 12.8 Å². The summed E-state index contributed by atoms with van der Waals surface area (Å²) in [5, 5.41) is 10.3. The monoisotopic (exact) mass is 341 g/mol. The van der Waals surface area contributed by atoms with Gasteiger partial charge in [-0.05, 0) is 38.8 Å². The van der Waals surface area contributed by atoms with Crippen molar-refractivity contribution < 1.29 is 9.53 Å². The molecule has 132 valence electrons. The Labute approximate surface area is 146 Å². The highest BCUT2D eigenvalue weighted by Gasteiger charge is 2.28. The van der Waals surface area contributed by atoms with Gasteiger partial charge in [0.15, 0.2) is 5.82 Å². The second-order valence-electron chi connectivity index (χ2n) is 6.99. The third-order valence-corrected chi connectivity index (χ3v) is 4.55. The molecule has 2 amide bonds. The van der Waals surface area contributed by atoms with E-state index in [0.29, 0.717) is 24.8 Å². The molecular weight excluding hydrogens is 318 g/mol. The highest BCUT2D eigenvalue weighted by atomic mass is 16.5. The molecule has 0 bridgehead atoms. The van der Waals surface area contributed by atoms with Crippen molar-refractivity contribution in [1.82, 2.24) is 20.1 Å². The average molecular weight is 341 g/mol. The van der Waals surface area contributed by atoms with Crippen LogP contribution in [-0.4, -0.2) is 51.4 Å². The summed E-state index contributed by atoms with van der Waals surface area (Å²) in [5.74, 6) is 2.17. The number of H-pyrrole nitrogens is 1. The summed E-state index contributed by atoms with van der Waals surface area (Å²) >= 11 is 0. The van der Waals surface area contributed by atoms with E-state index in [1.54, 1.807) is 4.90 Å². The van der Waals surface area contributed by atoms with Crippen molar-refractivity contribution in [2.75, 3.05) is 18.4 Å². The largest absolute Gasteiger partial charge is 0.372 e.